The lowest BCUT2D eigenvalue weighted by Gasteiger charge is -2.51. The molecule has 0 aliphatic heterocycles. The van der Waals surface area contributed by atoms with Crippen molar-refractivity contribution in [2.24, 2.45) is 5.41 Å². The number of hydrogen-bond donors (Lipinski definition) is 0. The second kappa shape index (κ2) is 2.95. The van der Waals surface area contributed by atoms with Crippen LogP contribution in [0.1, 0.15) is 30.5 Å². The fourth-order valence-electron chi connectivity index (χ4n) is 3.74. The van der Waals surface area contributed by atoms with Gasteiger partial charge in [-0.15, -0.1) is 0 Å². The van der Waals surface area contributed by atoms with Crippen molar-refractivity contribution in [2.75, 3.05) is 0 Å². The van der Waals surface area contributed by atoms with Crippen molar-refractivity contribution in [2.45, 2.75) is 19.3 Å². The van der Waals surface area contributed by atoms with Crippen LogP contribution in [0.4, 0.5) is 0 Å². The molecule has 4 rings (SSSR count). The minimum absolute atomic E-state index is 0.0805. The molecule has 0 unspecified atom stereocenters. The van der Waals surface area contributed by atoms with Crippen molar-refractivity contribution in [3.63, 3.8) is 0 Å². The predicted molar refractivity (Wildman–Crippen MR) is 77.2 cm³/mol. The molecule has 1 aromatic rings. The largest absolute Gasteiger partial charge is 0.0736 e. The Morgan fingerprint density at radius 2 is 1.67 bits per heavy atom. The van der Waals surface area contributed by atoms with Crippen LogP contribution in [0.2, 0.25) is 0 Å². The Hall–Kier alpha value is -1.82. The molecule has 0 aromatic heterocycles. The summed E-state index contributed by atoms with van der Waals surface area (Å²) in [7, 11) is 0. The monoisotopic (exact) mass is 232 g/mol. The van der Waals surface area contributed by atoms with Crippen LogP contribution in [0.15, 0.2) is 54.2 Å². The molecule has 0 heterocycles. The smallest absolute Gasteiger partial charge is 0.0309 e. The summed E-state index contributed by atoms with van der Waals surface area (Å²) in [5.41, 5.74) is 5.84. The van der Waals surface area contributed by atoms with Crippen LogP contribution >= 0.6 is 0 Å². The lowest BCUT2D eigenvalue weighted by molar-refractivity contribution is 0.328. The normalized spacial score (nSPS) is 34.2. The van der Waals surface area contributed by atoms with Crippen LogP contribution in [-0.4, -0.2) is 0 Å². The number of hydrogen-bond acceptors (Lipinski definition) is 0. The highest BCUT2D eigenvalue weighted by Crippen LogP contribution is 2.57. The minimum atomic E-state index is 0.0805. The third kappa shape index (κ3) is 0.940. The van der Waals surface area contributed by atoms with E-state index in [0.29, 0.717) is 0 Å². The third-order valence-corrected chi connectivity index (χ3v) is 5.05. The molecule has 3 aliphatic rings. The molecule has 2 atom stereocenters. The van der Waals surface area contributed by atoms with E-state index in [1.807, 2.05) is 0 Å². The standard InChI is InChI=1S/C18H16/c1-17-11-4-7-15-9-8-13-5-3-6-14(10-12-17)16(13)18(15,17)2/h3-12H,1-2H3/t17-,18-/m1/s1. The van der Waals surface area contributed by atoms with Gasteiger partial charge in [0.15, 0.2) is 0 Å². The highest BCUT2D eigenvalue weighted by Gasteiger charge is 2.50. The molecule has 18 heavy (non-hydrogen) atoms. The van der Waals surface area contributed by atoms with Crippen LogP contribution < -0.4 is 0 Å². The lowest BCUT2D eigenvalue weighted by atomic mass is 9.51. The molecule has 0 saturated carbocycles. The van der Waals surface area contributed by atoms with Crippen LogP contribution in [0.5, 0.6) is 0 Å². The van der Waals surface area contributed by atoms with E-state index in [1.165, 1.54) is 22.3 Å². The van der Waals surface area contributed by atoms with Gasteiger partial charge in [-0.05, 0) is 22.3 Å². The SMILES string of the molecule is C[C@]12C=CC=C3C=Cc4cccc(c4[C@@]31C)C=C2. The average Bonchev–Trinajstić information content (AvgIpc) is 2.37. The van der Waals surface area contributed by atoms with E-state index in [-0.39, 0.29) is 10.8 Å². The number of allylic oxidation sites excluding steroid dienone is 6. The molecule has 0 fully saturated rings. The van der Waals surface area contributed by atoms with E-state index in [1.54, 1.807) is 0 Å². The topological polar surface area (TPSA) is 0 Å². The Kier molecular flexibility index (Phi) is 1.66. The van der Waals surface area contributed by atoms with E-state index >= 15 is 0 Å². The molecule has 0 bridgehead atoms. The average molecular weight is 232 g/mol. The van der Waals surface area contributed by atoms with Gasteiger partial charge >= 0.3 is 0 Å². The van der Waals surface area contributed by atoms with Crippen molar-refractivity contribution in [3.05, 3.63) is 70.8 Å². The molecule has 0 amide bonds. The van der Waals surface area contributed by atoms with Gasteiger partial charge < -0.3 is 0 Å². The van der Waals surface area contributed by atoms with Crippen LogP contribution in [0.3, 0.4) is 0 Å². The molecule has 0 radical (unpaired) electrons. The van der Waals surface area contributed by atoms with E-state index in [2.05, 4.69) is 74.6 Å². The quantitative estimate of drug-likeness (QED) is 0.617. The second-order valence-corrected chi connectivity index (χ2v) is 5.87. The molecule has 1 aromatic carbocycles. The lowest BCUT2D eigenvalue weighted by Crippen LogP contribution is -2.45. The van der Waals surface area contributed by atoms with E-state index in [0.717, 1.165) is 0 Å². The summed E-state index contributed by atoms with van der Waals surface area (Å²) >= 11 is 0. The Bertz CT molecular complexity index is 669. The van der Waals surface area contributed by atoms with Gasteiger partial charge in [0.25, 0.3) is 0 Å². The van der Waals surface area contributed by atoms with Crippen molar-refractivity contribution in [3.8, 4) is 0 Å². The Morgan fingerprint density at radius 1 is 0.889 bits per heavy atom. The van der Waals surface area contributed by atoms with Crippen LogP contribution in [0.25, 0.3) is 12.2 Å². The van der Waals surface area contributed by atoms with Crippen LogP contribution in [0, 0.1) is 5.41 Å². The maximum absolute atomic E-state index is 2.39. The zero-order valence-corrected chi connectivity index (χ0v) is 10.8. The van der Waals surface area contributed by atoms with Gasteiger partial charge in [0, 0.05) is 10.8 Å². The summed E-state index contributed by atoms with van der Waals surface area (Å²) in [5, 5.41) is 0. The Labute approximate surface area is 108 Å². The maximum Gasteiger partial charge on any atom is 0.0309 e. The first-order valence-corrected chi connectivity index (χ1v) is 6.56. The van der Waals surface area contributed by atoms with Crippen molar-refractivity contribution < 1.29 is 0 Å². The summed E-state index contributed by atoms with van der Waals surface area (Å²) in [6, 6.07) is 6.62. The molecule has 0 spiro atoms. The highest BCUT2D eigenvalue weighted by atomic mass is 14.5. The fourth-order valence-corrected chi connectivity index (χ4v) is 3.74. The van der Waals surface area contributed by atoms with Gasteiger partial charge in [-0.2, -0.15) is 0 Å². The first kappa shape index (κ1) is 10.1. The van der Waals surface area contributed by atoms with E-state index in [4.69, 9.17) is 0 Å². The molecule has 3 aliphatic carbocycles. The van der Waals surface area contributed by atoms with Gasteiger partial charge in [0.2, 0.25) is 0 Å². The van der Waals surface area contributed by atoms with E-state index < -0.39 is 0 Å². The summed E-state index contributed by atoms with van der Waals surface area (Å²) in [6.45, 7) is 4.73. The first-order chi connectivity index (χ1) is 8.65. The fraction of sp³-hybridized carbons (Fsp3) is 0.222. The van der Waals surface area contributed by atoms with Gasteiger partial charge in [-0.25, -0.2) is 0 Å². The molecular weight excluding hydrogens is 216 g/mol. The molecule has 88 valence electrons. The molecule has 0 N–H and O–H groups in total. The van der Waals surface area contributed by atoms with Gasteiger partial charge in [0.05, 0.1) is 0 Å². The Morgan fingerprint density at radius 3 is 2.50 bits per heavy atom. The van der Waals surface area contributed by atoms with Gasteiger partial charge in [0.1, 0.15) is 0 Å². The zero-order chi connectivity index (χ0) is 12.4. The highest BCUT2D eigenvalue weighted by molar-refractivity contribution is 5.77. The van der Waals surface area contributed by atoms with Gasteiger partial charge in [-0.3, -0.25) is 0 Å². The van der Waals surface area contributed by atoms with Crippen molar-refractivity contribution >= 4 is 12.2 Å². The minimum Gasteiger partial charge on any atom is -0.0736 e. The number of rotatable bonds is 0. The van der Waals surface area contributed by atoms with Crippen molar-refractivity contribution in [1.29, 1.82) is 0 Å². The predicted octanol–water partition coefficient (Wildman–Crippen LogP) is 4.50. The summed E-state index contributed by atoms with van der Waals surface area (Å²) in [5.74, 6) is 0. The summed E-state index contributed by atoms with van der Waals surface area (Å²) in [6.07, 6.45) is 16.0. The van der Waals surface area contributed by atoms with Crippen molar-refractivity contribution in [1.82, 2.24) is 0 Å². The molecule has 0 heteroatoms. The zero-order valence-electron chi connectivity index (χ0n) is 10.8. The summed E-state index contributed by atoms with van der Waals surface area (Å²) < 4.78 is 0. The van der Waals surface area contributed by atoms with Gasteiger partial charge in [-0.1, -0.05) is 74.6 Å². The third-order valence-electron chi connectivity index (χ3n) is 5.05. The second-order valence-electron chi connectivity index (χ2n) is 5.87. The molecule has 0 nitrogen and oxygen atoms in total. The van der Waals surface area contributed by atoms with E-state index in [9.17, 15) is 0 Å². The molecule has 0 saturated heterocycles. The first-order valence-electron chi connectivity index (χ1n) is 6.56. The summed E-state index contributed by atoms with van der Waals surface area (Å²) in [4.78, 5) is 0. The van der Waals surface area contributed by atoms with Crippen LogP contribution in [-0.2, 0) is 5.41 Å². The Balaban J connectivity index is 2.18. The number of benzene rings is 1. The molecular formula is C18H16. The maximum atomic E-state index is 2.39.